The molecule has 0 unspecified atom stereocenters. The molecule has 0 aliphatic carbocycles. The number of rotatable bonds is 7. The average molecular weight is 296 g/mol. The van der Waals surface area contributed by atoms with Crippen molar-refractivity contribution in [3.8, 4) is 0 Å². The van der Waals surface area contributed by atoms with Crippen LogP contribution in [0.25, 0.3) is 6.08 Å². The minimum absolute atomic E-state index is 0.0701. The highest BCUT2D eigenvalue weighted by molar-refractivity contribution is 5.71. The molecule has 2 aromatic carbocycles. The van der Waals surface area contributed by atoms with Crippen LogP contribution in [-0.4, -0.2) is 19.2 Å². The van der Waals surface area contributed by atoms with Crippen LogP contribution in [0.3, 0.4) is 0 Å². The number of allylic oxidation sites excluding steroid dienone is 1. The number of esters is 1. The van der Waals surface area contributed by atoms with Crippen molar-refractivity contribution in [3.63, 3.8) is 0 Å². The van der Waals surface area contributed by atoms with Crippen molar-refractivity contribution >= 4 is 12.0 Å². The van der Waals surface area contributed by atoms with Gasteiger partial charge >= 0.3 is 5.97 Å². The molecule has 0 aliphatic heterocycles. The quantitative estimate of drug-likeness (QED) is 0.575. The fourth-order valence-corrected chi connectivity index (χ4v) is 2.03. The predicted molar refractivity (Wildman–Crippen MR) is 87.2 cm³/mol. The smallest absolute Gasteiger partial charge is 0.344 e. The Labute approximate surface area is 131 Å². The lowest BCUT2D eigenvalue weighted by atomic mass is 10.1. The molecule has 3 heteroatoms. The molecule has 0 fully saturated rings. The average Bonchev–Trinajstić information content (AvgIpc) is 2.55. The highest BCUT2D eigenvalue weighted by atomic mass is 16.6. The molecular weight excluding hydrogens is 276 g/mol. The second-order valence-electron chi connectivity index (χ2n) is 4.78. The topological polar surface area (TPSA) is 35.5 Å². The van der Waals surface area contributed by atoms with E-state index in [4.69, 9.17) is 9.47 Å². The first-order valence-electron chi connectivity index (χ1n) is 7.36. The Morgan fingerprint density at radius 3 is 2.23 bits per heavy atom. The van der Waals surface area contributed by atoms with E-state index in [1.165, 1.54) is 0 Å². The fourth-order valence-electron chi connectivity index (χ4n) is 2.03. The molecular formula is C19H20O3. The van der Waals surface area contributed by atoms with Gasteiger partial charge in [0, 0.05) is 6.42 Å². The van der Waals surface area contributed by atoms with Crippen molar-refractivity contribution in [1.82, 2.24) is 0 Å². The first-order valence-corrected chi connectivity index (χ1v) is 7.36. The third-order valence-corrected chi connectivity index (χ3v) is 3.03. The molecule has 0 heterocycles. The minimum atomic E-state index is -0.352. The van der Waals surface area contributed by atoms with Crippen molar-refractivity contribution in [2.45, 2.75) is 13.3 Å². The number of carbonyl (C=O) groups excluding carboxylic acids is 1. The van der Waals surface area contributed by atoms with Crippen molar-refractivity contribution in [2.24, 2.45) is 0 Å². The number of hydrogen-bond donors (Lipinski definition) is 0. The summed E-state index contributed by atoms with van der Waals surface area (Å²) in [5.74, 6) is 0.389. The van der Waals surface area contributed by atoms with Gasteiger partial charge < -0.3 is 9.47 Å². The van der Waals surface area contributed by atoms with Crippen LogP contribution in [0.15, 0.2) is 66.4 Å². The lowest BCUT2D eigenvalue weighted by molar-refractivity contribution is -0.147. The summed E-state index contributed by atoms with van der Waals surface area (Å²) >= 11 is 0. The van der Waals surface area contributed by atoms with Crippen LogP contribution >= 0.6 is 0 Å². The molecule has 0 spiro atoms. The summed E-state index contributed by atoms with van der Waals surface area (Å²) in [4.78, 5) is 11.5. The van der Waals surface area contributed by atoms with Gasteiger partial charge in [-0.2, -0.15) is 0 Å². The van der Waals surface area contributed by atoms with Crippen molar-refractivity contribution in [1.29, 1.82) is 0 Å². The molecule has 0 N–H and O–H groups in total. The molecule has 0 saturated heterocycles. The SMILES string of the molecule is CCOC(=O)CO/C(=C\c1ccccc1)Cc1ccccc1. The minimum Gasteiger partial charge on any atom is -0.486 e. The molecule has 22 heavy (non-hydrogen) atoms. The number of ether oxygens (including phenoxy) is 2. The van der Waals surface area contributed by atoms with E-state index in [0.717, 1.165) is 16.9 Å². The van der Waals surface area contributed by atoms with E-state index in [2.05, 4.69) is 0 Å². The Morgan fingerprint density at radius 2 is 1.59 bits per heavy atom. The molecule has 2 rings (SSSR count). The highest BCUT2D eigenvalue weighted by Crippen LogP contribution is 2.14. The fraction of sp³-hybridized carbons (Fsp3) is 0.211. The number of benzene rings is 2. The molecule has 0 radical (unpaired) electrons. The van der Waals surface area contributed by atoms with Crippen LogP contribution in [0.2, 0.25) is 0 Å². The summed E-state index contributed by atoms with van der Waals surface area (Å²) in [5, 5.41) is 0. The first kappa shape index (κ1) is 15.8. The normalized spacial score (nSPS) is 11.0. The molecule has 114 valence electrons. The van der Waals surface area contributed by atoms with E-state index >= 15 is 0 Å². The zero-order chi connectivity index (χ0) is 15.6. The van der Waals surface area contributed by atoms with E-state index in [9.17, 15) is 4.79 Å². The van der Waals surface area contributed by atoms with Crippen LogP contribution in [0.5, 0.6) is 0 Å². The van der Waals surface area contributed by atoms with Gasteiger partial charge in [0.15, 0.2) is 6.61 Å². The molecule has 0 aliphatic rings. The summed E-state index contributed by atoms with van der Waals surface area (Å²) in [5.41, 5.74) is 2.17. The largest absolute Gasteiger partial charge is 0.486 e. The van der Waals surface area contributed by atoms with Crippen LogP contribution in [0, 0.1) is 0 Å². The van der Waals surface area contributed by atoms with Crippen molar-refractivity contribution in [2.75, 3.05) is 13.2 Å². The summed E-state index contributed by atoms with van der Waals surface area (Å²) in [6.45, 7) is 2.07. The van der Waals surface area contributed by atoms with Gasteiger partial charge in [-0.3, -0.25) is 0 Å². The van der Waals surface area contributed by atoms with Crippen LogP contribution < -0.4 is 0 Å². The predicted octanol–water partition coefficient (Wildman–Crippen LogP) is 3.85. The first-order chi connectivity index (χ1) is 10.8. The van der Waals surface area contributed by atoms with E-state index in [0.29, 0.717) is 13.0 Å². The van der Waals surface area contributed by atoms with Gasteiger partial charge in [-0.05, 0) is 24.1 Å². The Morgan fingerprint density at radius 1 is 0.955 bits per heavy atom. The zero-order valence-corrected chi connectivity index (χ0v) is 12.7. The number of hydrogen-bond acceptors (Lipinski definition) is 3. The molecule has 0 aromatic heterocycles. The lowest BCUT2D eigenvalue weighted by Gasteiger charge is -2.11. The molecule has 0 saturated carbocycles. The third kappa shape index (κ3) is 5.44. The van der Waals surface area contributed by atoms with Gasteiger partial charge in [0.05, 0.1) is 6.61 Å². The van der Waals surface area contributed by atoms with E-state index in [1.54, 1.807) is 6.92 Å². The van der Waals surface area contributed by atoms with Gasteiger partial charge in [-0.15, -0.1) is 0 Å². The van der Waals surface area contributed by atoms with Crippen LogP contribution in [0.1, 0.15) is 18.1 Å². The van der Waals surface area contributed by atoms with E-state index in [-0.39, 0.29) is 12.6 Å². The molecule has 3 nitrogen and oxygen atoms in total. The Bertz CT molecular complexity index is 603. The molecule has 2 aromatic rings. The zero-order valence-electron chi connectivity index (χ0n) is 12.7. The summed E-state index contributed by atoms with van der Waals surface area (Å²) < 4.78 is 10.6. The van der Waals surface area contributed by atoms with E-state index in [1.807, 2.05) is 66.7 Å². The molecule has 0 atom stereocenters. The van der Waals surface area contributed by atoms with Crippen LogP contribution in [-0.2, 0) is 20.7 Å². The molecule has 0 amide bonds. The summed E-state index contributed by atoms with van der Waals surface area (Å²) in [7, 11) is 0. The Balaban J connectivity index is 2.10. The van der Waals surface area contributed by atoms with Gasteiger partial charge in [-0.25, -0.2) is 4.79 Å². The maximum atomic E-state index is 11.5. The highest BCUT2D eigenvalue weighted by Gasteiger charge is 2.07. The van der Waals surface area contributed by atoms with Gasteiger partial charge in [0.25, 0.3) is 0 Å². The second kappa shape index (κ2) is 8.67. The maximum absolute atomic E-state index is 11.5. The van der Waals surface area contributed by atoms with E-state index < -0.39 is 0 Å². The van der Waals surface area contributed by atoms with Gasteiger partial charge in [-0.1, -0.05) is 60.7 Å². The monoisotopic (exact) mass is 296 g/mol. The van der Waals surface area contributed by atoms with Crippen molar-refractivity contribution in [3.05, 3.63) is 77.5 Å². The summed E-state index contributed by atoms with van der Waals surface area (Å²) in [6, 6.07) is 19.9. The third-order valence-electron chi connectivity index (χ3n) is 3.03. The maximum Gasteiger partial charge on any atom is 0.344 e. The van der Waals surface area contributed by atoms with Crippen molar-refractivity contribution < 1.29 is 14.3 Å². The van der Waals surface area contributed by atoms with Crippen LogP contribution in [0.4, 0.5) is 0 Å². The molecule has 0 bridgehead atoms. The number of carbonyl (C=O) groups is 1. The van der Waals surface area contributed by atoms with Gasteiger partial charge in [0.1, 0.15) is 5.76 Å². The lowest BCUT2D eigenvalue weighted by Crippen LogP contribution is -2.13. The Hall–Kier alpha value is -2.55. The standard InChI is InChI=1S/C19H20O3/c1-2-21-19(20)15-22-18(13-16-9-5-3-6-10-16)14-17-11-7-4-8-12-17/h3-13H,2,14-15H2,1H3/b18-13-. The van der Waals surface area contributed by atoms with Gasteiger partial charge in [0.2, 0.25) is 0 Å². The summed E-state index contributed by atoms with van der Waals surface area (Å²) in [6.07, 6.45) is 2.58. The second-order valence-corrected chi connectivity index (χ2v) is 4.78. The Kier molecular flexibility index (Phi) is 6.24.